The molecule has 1 aliphatic rings. The van der Waals surface area contributed by atoms with Crippen molar-refractivity contribution in [1.82, 2.24) is 20.6 Å². The summed E-state index contributed by atoms with van der Waals surface area (Å²) in [6.07, 6.45) is -10.8. The van der Waals surface area contributed by atoms with Crippen molar-refractivity contribution >= 4 is 53.1 Å². The lowest BCUT2D eigenvalue weighted by atomic mass is 9.98. The highest BCUT2D eigenvalue weighted by molar-refractivity contribution is 6.35. The molecule has 0 unspecified atom stereocenters. The summed E-state index contributed by atoms with van der Waals surface area (Å²) in [6, 6.07) is 11.2. The second-order valence-corrected chi connectivity index (χ2v) is 7.50. The molecule has 0 bridgehead atoms. The summed E-state index contributed by atoms with van der Waals surface area (Å²) in [5, 5.41) is 7.68. The van der Waals surface area contributed by atoms with Gasteiger partial charge in [-0.2, -0.15) is 5.10 Å². The number of H-pyrrole nitrogens is 1. The third-order valence-corrected chi connectivity index (χ3v) is 5.11. The second-order valence-electron chi connectivity index (χ2n) is 6.22. The number of halogens is 4. The molecule has 4 rings (SSSR count). The van der Waals surface area contributed by atoms with Crippen molar-refractivity contribution in [3.63, 3.8) is 0 Å². The monoisotopic (exact) mass is 508 g/mol. The van der Waals surface area contributed by atoms with E-state index in [2.05, 4.69) is 10.2 Å². The predicted octanol–water partition coefficient (Wildman–Crippen LogP) is 6.18. The number of hydrogen-bond acceptors (Lipinski definition) is 3. The van der Waals surface area contributed by atoms with Crippen LogP contribution in [0.1, 0.15) is 54.4 Å². The Balaban J connectivity index is 0.00000462. The van der Waals surface area contributed by atoms with Crippen molar-refractivity contribution in [2.45, 2.75) is 25.5 Å². The molecule has 1 fully saturated rings. The van der Waals surface area contributed by atoms with Gasteiger partial charge in [-0.15, -0.1) is 12.4 Å². The molecule has 5 nitrogen and oxygen atoms in total. The molecular weight excluding hydrogens is 478 g/mol. The van der Waals surface area contributed by atoms with Crippen molar-refractivity contribution < 1.29 is 18.5 Å². The van der Waals surface area contributed by atoms with Crippen molar-refractivity contribution in [1.29, 1.82) is 0 Å². The van der Waals surface area contributed by atoms with Gasteiger partial charge in [0.1, 0.15) is 5.69 Å². The molecule has 3 aromatic rings. The van der Waals surface area contributed by atoms with Gasteiger partial charge in [0, 0.05) is 59.3 Å². The van der Waals surface area contributed by atoms with Crippen LogP contribution in [0.5, 0.6) is 0 Å². The average Bonchev–Trinajstić information content (AvgIpc) is 3.26. The summed E-state index contributed by atoms with van der Waals surface area (Å²) in [6.45, 7) is -7.08. The molecule has 0 spiro atoms. The van der Waals surface area contributed by atoms with E-state index in [-0.39, 0.29) is 45.8 Å². The maximum atomic E-state index is 13.5. The fourth-order valence-electron chi connectivity index (χ4n) is 2.87. The first-order valence-corrected chi connectivity index (χ1v) is 9.79. The predicted molar refractivity (Wildman–Crippen MR) is 128 cm³/mol. The van der Waals surface area contributed by atoms with Gasteiger partial charge in [-0.1, -0.05) is 59.4 Å². The van der Waals surface area contributed by atoms with E-state index in [1.54, 1.807) is 36.4 Å². The number of nitrogens with one attached hydrogen (secondary N) is 2. The molecule has 31 heavy (non-hydrogen) atoms. The number of hydrazine groups is 1. The summed E-state index contributed by atoms with van der Waals surface area (Å²) in [4.78, 5) is 13.5. The Bertz CT molecular complexity index is 1440. The highest BCUT2D eigenvalue weighted by Gasteiger charge is 2.23. The van der Waals surface area contributed by atoms with Gasteiger partial charge in [-0.3, -0.25) is 15.3 Å². The molecule has 0 saturated carbocycles. The van der Waals surface area contributed by atoms with Gasteiger partial charge in [-0.25, -0.2) is 5.01 Å². The topological polar surface area (TPSA) is 61.0 Å². The number of nitrogens with zero attached hydrogens (tertiary/aromatic N) is 2. The number of rotatable bonds is 5. The van der Waals surface area contributed by atoms with Crippen molar-refractivity contribution in [2.75, 3.05) is 13.0 Å². The minimum atomic E-state index is -3.62. The van der Waals surface area contributed by atoms with Gasteiger partial charge >= 0.3 is 0 Å². The number of hydrogen-bond donors (Lipinski definition) is 2. The Morgan fingerprint density at radius 3 is 2.42 bits per heavy atom. The highest BCUT2D eigenvalue weighted by atomic mass is 35.5. The normalized spacial score (nSPS) is 27.1. The van der Waals surface area contributed by atoms with Gasteiger partial charge < -0.3 is 0 Å². The summed E-state index contributed by atoms with van der Waals surface area (Å²) in [5.41, 5.74) is 3.24. The number of aromatic nitrogens is 2. The quantitative estimate of drug-likeness (QED) is 0.431. The zero-order chi connectivity index (χ0) is 30.1. The van der Waals surface area contributed by atoms with Crippen molar-refractivity contribution in [2.24, 2.45) is 0 Å². The van der Waals surface area contributed by atoms with Gasteiger partial charge in [0.25, 0.3) is 5.91 Å². The van der Waals surface area contributed by atoms with E-state index >= 15 is 0 Å². The smallest absolute Gasteiger partial charge is 0.283 e. The first-order valence-electron chi connectivity index (χ1n) is 13.7. The summed E-state index contributed by atoms with van der Waals surface area (Å²) in [5.74, 6) is -1.19. The zero-order valence-electron chi connectivity index (χ0n) is 25.6. The lowest BCUT2D eigenvalue weighted by Gasteiger charge is -2.26. The largest absolute Gasteiger partial charge is 0.283 e. The van der Waals surface area contributed by atoms with E-state index in [0.29, 0.717) is 21.2 Å². The van der Waals surface area contributed by atoms with Crippen LogP contribution < -0.4 is 5.43 Å². The molecule has 9 heteroatoms. The van der Waals surface area contributed by atoms with E-state index in [0.717, 1.165) is 0 Å². The van der Waals surface area contributed by atoms with Crippen molar-refractivity contribution in [3.8, 4) is 11.3 Å². The van der Waals surface area contributed by atoms with E-state index in [9.17, 15) is 4.79 Å². The van der Waals surface area contributed by atoms with Crippen LogP contribution in [-0.4, -0.2) is 34.1 Å². The minimum Gasteiger partial charge on any atom is -0.283 e. The molecular formula is C22H22Cl4N4O. The Morgan fingerprint density at radius 1 is 1.06 bits per heavy atom. The third kappa shape index (κ3) is 5.73. The Labute approximate surface area is 216 Å². The number of aromatic amines is 1. The third-order valence-electron chi connectivity index (χ3n) is 4.27. The first kappa shape index (κ1) is 13.7. The number of benzene rings is 2. The first-order chi connectivity index (χ1) is 18.3. The molecule has 0 radical (unpaired) electrons. The molecule has 0 atom stereocenters. The minimum absolute atomic E-state index is 0. The van der Waals surface area contributed by atoms with Crippen LogP contribution >= 0.6 is 47.2 Å². The molecule has 0 aliphatic carbocycles. The second kappa shape index (κ2) is 10.7. The van der Waals surface area contributed by atoms with Gasteiger partial charge in [0.15, 0.2) is 0 Å². The van der Waals surface area contributed by atoms with E-state index in [1.165, 1.54) is 6.07 Å². The lowest BCUT2D eigenvalue weighted by molar-refractivity contribution is 0.0744. The molecule has 2 N–H and O–H groups in total. The molecule has 164 valence electrons. The van der Waals surface area contributed by atoms with E-state index in [1.807, 2.05) is 5.43 Å². The number of carbonyl (C=O) groups is 1. The molecule has 1 aromatic heterocycles. The summed E-state index contributed by atoms with van der Waals surface area (Å²) >= 11 is 18.4. The molecule has 2 heterocycles. The Hall–Kier alpha value is -1.76. The maximum absolute atomic E-state index is 13.5. The standard InChI is InChI=1S/C22H21Cl3N4O.ClH/c23-16-7-4-14(5-8-16)20-18(12-15-6-9-17(24)13-19(15)25)21(27-26-20)22(30)28-29-10-2-1-3-11-29;/h4-9,13H,1-3,10-12H2,(H,26,27)(H,28,30);1H/i1D2,2D2,3D2,10D2,11D2;. The van der Waals surface area contributed by atoms with Crippen molar-refractivity contribution in [3.05, 3.63) is 74.4 Å². The van der Waals surface area contributed by atoms with E-state index in [4.69, 9.17) is 48.5 Å². The van der Waals surface area contributed by atoms with Gasteiger partial charge in [0.2, 0.25) is 0 Å². The average molecular weight is 510 g/mol. The Morgan fingerprint density at radius 2 is 1.74 bits per heavy atom. The van der Waals surface area contributed by atoms with Crippen LogP contribution in [0.25, 0.3) is 11.3 Å². The van der Waals surface area contributed by atoms with Crippen LogP contribution in [0, 0.1) is 0 Å². The van der Waals surface area contributed by atoms with Crippen LogP contribution in [0.3, 0.4) is 0 Å². The van der Waals surface area contributed by atoms with Crippen LogP contribution in [0.15, 0.2) is 42.5 Å². The fraction of sp³-hybridized carbons (Fsp3) is 0.273. The lowest BCUT2D eigenvalue weighted by Crippen LogP contribution is -2.45. The van der Waals surface area contributed by atoms with Gasteiger partial charge in [0.05, 0.1) is 5.69 Å². The summed E-state index contributed by atoms with van der Waals surface area (Å²) in [7, 11) is 0. The fourth-order valence-corrected chi connectivity index (χ4v) is 3.47. The summed E-state index contributed by atoms with van der Waals surface area (Å²) < 4.78 is 81.2. The zero-order valence-corrected chi connectivity index (χ0v) is 18.7. The SMILES string of the molecule is Cl.[2H]C1([2H])N(NC(=O)c2[nH]nc(-c3ccc(Cl)cc3)c2Cc2ccc(Cl)cc2Cl)C([2H])([2H])C([2H])([2H])C([2H])([2H])C1([2H])[2H]. The molecule has 1 amide bonds. The number of carbonyl (C=O) groups excluding carboxylic acids is 1. The van der Waals surface area contributed by atoms with Crippen LogP contribution in [0.2, 0.25) is 15.1 Å². The molecule has 2 aromatic carbocycles. The van der Waals surface area contributed by atoms with Crippen LogP contribution in [0.4, 0.5) is 0 Å². The maximum Gasteiger partial charge on any atom is 0.283 e. The highest BCUT2D eigenvalue weighted by Crippen LogP contribution is 2.30. The number of piperidine rings is 1. The number of amides is 1. The molecule has 1 saturated heterocycles. The molecule has 1 aliphatic heterocycles. The van der Waals surface area contributed by atoms with Gasteiger partial charge in [-0.05, 0) is 42.6 Å². The van der Waals surface area contributed by atoms with Crippen LogP contribution in [-0.2, 0) is 6.42 Å². The Kier molecular flexibility index (Phi) is 4.74. The van der Waals surface area contributed by atoms with E-state index < -0.39 is 38.0 Å².